The number of hydrogen-bond donors (Lipinski definition) is 1. The number of para-hydroxylation sites is 6. The van der Waals surface area contributed by atoms with E-state index in [4.69, 9.17) is 9.47 Å². The molecule has 492 valence electrons. The van der Waals surface area contributed by atoms with Gasteiger partial charge >= 0.3 is 0 Å². The fraction of sp³-hybridized carbons (Fsp3) is 0. The van der Waals surface area contributed by atoms with Crippen molar-refractivity contribution in [1.82, 2.24) is 9.55 Å². The molecule has 0 unspecified atom stereocenters. The number of ether oxygens (including phenoxy) is 2. The van der Waals surface area contributed by atoms with Crippen LogP contribution in [0.1, 0.15) is 0 Å². The first-order chi connectivity index (χ1) is 52.0. The van der Waals surface area contributed by atoms with E-state index in [0.29, 0.717) is 0 Å². The standard InChI is InChI=1S/C50H31NO.C26H17NO.C24H15Br/c1-2-13-33(14-3-1)36-21-12-22-44-48-42-19-8-10-23-46(42)52-47-24-11-9-20-43(47)50(48)51(49(36)44)35-28-25-32(26-29-35)34-27-30-41-39-17-5-4-15-37(39)38-16-6-7-18-40(38)45(41)31-34;1-2-9-17(10-3-1)18-13-8-14-21-24-19-11-4-6-15-22(19)28-23-16-7-5-12-20(23)26(24)27-25(18)21;25-18-12-9-16(10-13-18)17-11-14-23-21-7-2-1-5-19(21)20-6-3-4-8-22(20)24(23)15-17/h1-31H;1-16,27H;1-15H. The number of aromatic nitrogens is 2. The minimum Gasteiger partial charge on any atom is -0.456 e. The number of fused-ring (bicyclic) bond motifs is 26. The van der Waals surface area contributed by atoms with Gasteiger partial charge < -0.3 is 19.0 Å². The average molecular weight is 1400 g/mol. The van der Waals surface area contributed by atoms with Gasteiger partial charge in [0.15, 0.2) is 0 Å². The Kier molecular flexibility index (Phi) is 15.0. The minimum absolute atomic E-state index is 0.853. The highest BCUT2D eigenvalue weighted by molar-refractivity contribution is 9.10. The lowest BCUT2D eigenvalue weighted by Crippen LogP contribution is -1.99. The molecule has 2 aliphatic heterocycles. The van der Waals surface area contributed by atoms with E-state index < -0.39 is 0 Å². The molecule has 5 heteroatoms. The molecular formula is C100H63BrN2O2. The number of nitrogens with one attached hydrogen (secondary N) is 1. The fourth-order valence-corrected chi connectivity index (χ4v) is 16.7. The third-order valence-electron chi connectivity index (χ3n) is 21.2. The molecule has 4 heterocycles. The van der Waals surface area contributed by atoms with Gasteiger partial charge in [-0.3, -0.25) is 0 Å². The molecule has 0 bridgehead atoms. The van der Waals surface area contributed by atoms with Gasteiger partial charge in [0, 0.05) is 65.4 Å². The number of nitrogens with zero attached hydrogens (tertiary/aromatic N) is 1. The van der Waals surface area contributed by atoms with E-state index in [1.807, 2.05) is 24.3 Å². The largest absolute Gasteiger partial charge is 0.456 e. The Labute approximate surface area is 615 Å². The van der Waals surface area contributed by atoms with Crippen LogP contribution in [-0.4, -0.2) is 9.55 Å². The van der Waals surface area contributed by atoms with Gasteiger partial charge in [-0.15, -0.1) is 0 Å². The van der Waals surface area contributed by atoms with E-state index in [9.17, 15) is 0 Å². The van der Waals surface area contributed by atoms with Gasteiger partial charge in [-0.2, -0.15) is 0 Å². The first kappa shape index (κ1) is 61.5. The van der Waals surface area contributed by atoms with Crippen LogP contribution in [0.3, 0.4) is 0 Å². The lowest BCUT2D eigenvalue weighted by atomic mass is 9.92. The van der Waals surface area contributed by atoms with E-state index in [2.05, 4.69) is 377 Å². The summed E-state index contributed by atoms with van der Waals surface area (Å²) in [7, 11) is 0. The Hall–Kier alpha value is -13.3. The van der Waals surface area contributed by atoms with Crippen LogP contribution in [0.25, 0.3) is 181 Å². The molecule has 0 spiro atoms. The number of benzene rings is 18. The summed E-state index contributed by atoms with van der Waals surface area (Å²) in [6.07, 6.45) is 0. The van der Waals surface area contributed by atoms with Crippen molar-refractivity contribution in [2.45, 2.75) is 0 Å². The first-order valence-electron chi connectivity index (χ1n) is 35.7. The van der Waals surface area contributed by atoms with Crippen LogP contribution in [0.2, 0.25) is 0 Å². The van der Waals surface area contributed by atoms with E-state index in [1.165, 1.54) is 137 Å². The summed E-state index contributed by atoms with van der Waals surface area (Å²) in [6.45, 7) is 0. The zero-order valence-electron chi connectivity index (χ0n) is 56.9. The number of aromatic amines is 1. The van der Waals surface area contributed by atoms with Crippen molar-refractivity contribution in [3.05, 3.63) is 381 Å². The summed E-state index contributed by atoms with van der Waals surface area (Å²) in [5.74, 6) is 3.48. The molecule has 20 aromatic rings. The average Bonchev–Trinajstić information content (AvgIpc) is 1.61. The Morgan fingerprint density at radius 3 is 1.08 bits per heavy atom. The second-order valence-electron chi connectivity index (χ2n) is 27.0. The predicted molar refractivity (Wildman–Crippen MR) is 444 cm³/mol. The Balaban J connectivity index is 0.000000116. The highest BCUT2D eigenvalue weighted by Crippen LogP contribution is 2.55. The molecule has 2 aromatic heterocycles. The molecule has 0 fully saturated rings. The lowest BCUT2D eigenvalue weighted by Gasteiger charge is -2.16. The van der Waals surface area contributed by atoms with Crippen LogP contribution in [0.5, 0.6) is 23.0 Å². The SMILES string of the molecule is Brc1ccc(-c2ccc3c4ccccc4c4ccccc4c3c2)cc1.c1ccc(-c2cccc3c4c([nH]c23)-c2ccccc2Oc2ccccc2-4)cc1.c1ccc(-c2cccc3c4c(n(-c5ccc(-c6ccc7c8ccccc8c8ccccc8c7c6)cc5)c23)-c2ccccc2Oc2ccccc2-4)cc1. The maximum atomic E-state index is 6.65. The molecule has 0 saturated heterocycles. The van der Waals surface area contributed by atoms with Gasteiger partial charge in [0.2, 0.25) is 0 Å². The second-order valence-corrected chi connectivity index (χ2v) is 28.0. The molecular weight excluding hydrogens is 1340 g/mol. The maximum Gasteiger partial charge on any atom is 0.136 e. The summed E-state index contributed by atoms with van der Waals surface area (Å²) in [4.78, 5) is 3.74. The third-order valence-corrected chi connectivity index (χ3v) is 21.7. The monoisotopic (exact) mass is 1400 g/mol. The van der Waals surface area contributed by atoms with Crippen molar-refractivity contribution in [2.24, 2.45) is 0 Å². The van der Waals surface area contributed by atoms with E-state index >= 15 is 0 Å². The van der Waals surface area contributed by atoms with Gasteiger partial charge in [-0.1, -0.05) is 319 Å². The summed E-state index contributed by atoms with van der Waals surface area (Å²) >= 11 is 3.52. The predicted octanol–water partition coefficient (Wildman–Crippen LogP) is 28.7. The Morgan fingerprint density at radius 1 is 0.229 bits per heavy atom. The topological polar surface area (TPSA) is 39.2 Å². The first-order valence-corrected chi connectivity index (χ1v) is 36.5. The maximum absolute atomic E-state index is 6.65. The van der Waals surface area contributed by atoms with E-state index in [0.717, 1.165) is 72.3 Å². The molecule has 22 rings (SSSR count). The molecule has 0 atom stereocenters. The van der Waals surface area contributed by atoms with Crippen LogP contribution in [0.15, 0.2) is 381 Å². The van der Waals surface area contributed by atoms with Crippen molar-refractivity contribution in [2.75, 3.05) is 0 Å². The van der Waals surface area contributed by atoms with Gasteiger partial charge in [0.1, 0.15) is 23.0 Å². The molecule has 4 nitrogen and oxygen atoms in total. The van der Waals surface area contributed by atoms with Crippen LogP contribution in [-0.2, 0) is 0 Å². The zero-order chi connectivity index (χ0) is 69.5. The molecule has 0 amide bonds. The van der Waals surface area contributed by atoms with Crippen LogP contribution >= 0.6 is 15.9 Å². The number of H-pyrrole nitrogens is 1. The Bertz CT molecular complexity index is 6760. The second kappa shape index (κ2) is 25.6. The molecule has 0 aliphatic carbocycles. The molecule has 18 aromatic carbocycles. The van der Waals surface area contributed by atoms with Crippen molar-refractivity contribution >= 4 is 102 Å². The number of hydrogen-bond acceptors (Lipinski definition) is 2. The smallest absolute Gasteiger partial charge is 0.136 e. The van der Waals surface area contributed by atoms with Gasteiger partial charge in [-0.25, -0.2) is 0 Å². The molecule has 0 saturated carbocycles. The highest BCUT2D eigenvalue weighted by atomic mass is 79.9. The number of rotatable bonds is 5. The van der Waals surface area contributed by atoms with E-state index in [1.54, 1.807) is 0 Å². The minimum atomic E-state index is 0.853. The van der Waals surface area contributed by atoms with Gasteiger partial charge in [0.25, 0.3) is 0 Å². The summed E-state index contributed by atoms with van der Waals surface area (Å²) in [5, 5.41) is 18.0. The van der Waals surface area contributed by atoms with Crippen LogP contribution < -0.4 is 9.47 Å². The zero-order valence-corrected chi connectivity index (χ0v) is 58.5. The third kappa shape index (κ3) is 10.5. The van der Waals surface area contributed by atoms with Crippen LogP contribution in [0.4, 0.5) is 0 Å². The van der Waals surface area contributed by atoms with Crippen molar-refractivity contribution in [1.29, 1.82) is 0 Å². The fourth-order valence-electron chi connectivity index (χ4n) is 16.4. The van der Waals surface area contributed by atoms with Crippen LogP contribution in [0, 0.1) is 0 Å². The molecule has 2 aliphatic rings. The molecule has 1 N–H and O–H groups in total. The summed E-state index contributed by atoms with van der Waals surface area (Å²) < 4.78 is 16.5. The van der Waals surface area contributed by atoms with Crippen molar-refractivity contribution in [3.63, 3.8) is 0 Å². The lowest BCUT2D eigenvalue weighted by molar-refractivity contribution is 0.487. The highest BCUT2D eigenvalue weighted by Gasteiger charge is 2.31. The summed E-state index contributed by atoms with van der Waals surface area (Å²) in [5.41, 5.74) is 22.1. The molecule has 105 heavy (non-hydrogen) atoms. The Morgan fingerprint density at radius 2 is 0.571 bits per heavy atom. The summed E-state index contributed by atoms with van der Waals surface area (Å²) in [6, 6.07) is 134. The van der Waals surface area contributed by atoms with E-state index in [-0.39, 0.29) is 0 Å². The van der Waals surface area contributed by atoms with Gasteiger partial charge in [-0.05, 0) is 171 Å². The quantitative estimate of drug-likeness (QED) is 0.174. The molecule has 0 radical (unpaired) electrons. The van der Waals surface area contributed by atoms with Gasteiger partial charge in [0.05, 0.1) is 22.4 Å². The normalized spacial score (nSPS) is 11.8. The van der Waals surface area contributed by atoms with Crippen molar-refractivity contribution < 1.29 is 9.47 Å². The number of halogens is 1. The van der Waals surface area contributed by atoms with Crippen molar-refractivity contribution in [3.8, 4) is 118 Å².